The van der Waals surface area contributed by atoms with Crippen molar-refractivity contribution in [2.24, 2.45) is 5.16 Å². The molecule has 2 rings (SSSR count). The number of hydrogen-bond acceptors (Lipinski definition) is 8. The van der Waals surface area contributed by atoms with Gasteiger partial charge in [0.1, 0.15) is 23.1 Å². The van der Waals surface area contributed by atoms with Crippen LogP contribution >= 0.6 is 11.6 Å². The molecule has 6 N–H and O–H groups in total. The SMILES string of the molecule is C[C@@]1(O)[C@H](O)[C@](CO)(CCl)O[C@H]1n1ccc(N)n/c1=N\O. The van der Waals surface area contributed by atoms with E-state index in [1.165, 1.54) is 23.8 Å². The smallest absolute Gasteiger partial charge is 0.270 e. The molecule has 1 aliphatic rings. The maximum atomic E-state index is 10.5. The number of alkyl halides is 1. The molecule has 1 saturated heterocycles. The number of halogens is 1. The number of hydrogen-bond donors (Lipinski definition) is 5. The summed E-state index contributed by atoms with van der Waals surface area (Å²) in [6.07, 6.45) is -1.27. The van der Waals surface area contributed by atoms with Crippen molar-refractivity contribution in [3.8, 4) is 0 Å². The van der Waals surface area contributed by atoms with Crippen molar-refractivity contribution in [1.29, 1.82) is 0 Å². The number of nitrogens with two attached hydrogens (primary N) is 1. The Labute approximate surface area is 124 Å². The van der Waals surface area contributed by atoms with Gasteiger partial charge in [0.2, 0.25) is 0 Å². The van der Waals surface area contributed by atoms with Crippen LogP contribution in [-0.2, 0) is 4.74 Å². The number of aliphatic hydroxyl groups is 3. The molecule has 0 saturated carbocycles. The van der Waals surface area contributed by atoms with E-state index >= 15 is 0 Å². The van der Waals surface area contributed by atoms with Crippen molar-refractivity contribution >= 4 is 17.4 Å². The van der Waals surface area contributed by atoms with Crippen molar-refractivity contribution in [3.05, 3.63) is 17.9 Å². The molecule has 4 atom stereocenters. The molecule has 118 valence electrons. The highest BCUT2D eigenvalue weighted by Gasteiger charge is 2.61. The highest BCUT2D eigenvalue weighted by molar-refractivity contribution is 6.18. The Kier molecular flexibility index (Phi) is 4.13. The van der Waals surface area contributed by atoms with E-state index in [4.69, 9.17) is 27.3 Å². The lowest BCUT2D eigenvalue weighted by Crippen LogP contribution is -2.52. The second-order valence-electron chi connectivity index (χ2n) is 5.11. The van der Waals surface area contributed by atoms with Gasteiger partial charge in [0.25, 0.3) is 5.62 Å². The van der Waals surface area contributed by atoms with Crippen molar-refractivity contribution in [1.82, 2.24) is 9.55 Å². The van der Waals surface area contributed by atoms with Crippen molar-refractivity contribution in [3.63, 3.8) is 0 Å². The predicted molar refractivity (Wildman–Crippen MR) is 71.3 cm³/mol. The molecule has 0 radical (unpaired) electrons. The third-order valence-electron chi connectivity index (χ3n) is 3.60. The van der Waals surface area contributed by atoms with E-state index in [1.807, 2.05) is 0 Å². The molecule has 0 bridgehead atoms. The minimum atomic E-state index is -1.81. The van der Waals surface area contributed by atoms with Crippen LogP contribution in [0.1, 0.15) is 13.2 Å². The van der Waals surface area contributed by atoms with Gasteiger partial charge in [-0.25, -0.2) is 0 Å². The molecule has 1 aromatic heterocycles. The van der Waals surface area contributed by atoms with E-state index in [2.05, 4.69) is 10.1 Å². The Morgan fingerprint density at radius 1 is 1.62 bits per heavy atom. The number of anilines is 1. The molecule has 2 heterocycles. The Morgan fingerprint density at radius 3 is 2.76 bits per heavy atom. The number of ether oxygens (including phenoxy) is 1. The first-order valence-electron chi connectivity index (χ1n) is 6.10. The predicted octanol–water partition coefficient (Wildman–Crippen LogP) is -1.63. The van der Waals surface area contributed by atoms with Gasteiger partial charge in [-0.05, 0) is 18.1 Å². The van der Waals surface area contributed by atoms with Crippen molar-refractivity contribution < 1.29 is 25.3 Å². The summed E-state index contributed by atoms with van der Waals surface area (Å²) in [5.74, 6) is -0.144. The van der Waals surface area contributed by atoms with Crippen molar-refractivity contribution in [2.45, 2.75) is 30.5 Å². The van der Waals surface area contributed by atoms with Gasteiger partial charge >= 0.3 is 0 Å². The molecule has 0 unspecified atom stereocenters. The summed E-state index contributed by atoms with van der Waals surface area (Å²) in [5, 5.41) is 42.2. The molecule has 0 aromatic carbocycles. The largest absolute Gasteiger partial charge is 0.408 e. The lowest BCUT2D eigenvalue weighted by molar-refractivity contribution is -0.121. The van der Waals surface area contributed by atoms with Crippen LogP contribution in [0.4, 0.5) is 5.82 Å². The lowest BCUT2D eigenvalue weighted by atomic mass is 9.89. The molecular weight excluding hydrogens is 304 g/mol. The molecule has 0 amide bonds. The molecule has 9 nitrogen and oxygen atoms in total. The Hall–Kier alpha value is -1.39. The summed E-state index contributed by atoms with van der Waals surface area (Å²) in [5.41, 5.74) is 1.92. The third-order valence-corrected chi connectivity index (χ3v) is 4.05. The molecular formula is C11H17ClN4O5. The number of nitrogen functional groups attached to an aromatic ring is 1. The van der Waals surface area contributed by atoms with E-state index in [0.717, 1.165) is 0 Å². The second kappa shape index (κ2) is 5.43. The van der Waals surface area contributed by atoms with Gasteiger partial charge in [-0.1, -0.05) is 0 Å². The maximum absolute atomic E-state index is 10.5. The van der Waals surface area contributed by atoms with E-state index in [9.17, 15) is 15.3 Å². The summed E-state index contributed by atoms with van der Waals surface area (Å²) >= 11 is 5.76. The Morgan fingerprint density at radius 2 is 2.29 bits per heavy atom. The van der Waals surface area contributed by atoms with Crippen LogP contribution in [0.25, 0.3) is 0 Å². The molecule has 21 heavy (non-hydrogen) atoms. The van der Waals surface area contributed by atoms with Crippen LogP contribution in [-0.4, -0.2) is 59.9 Å². The van der Waals surface area contributed by atoms with Gasteiger partial charge in [-0.3, -0.25) is 4.57 Å². The van der Waals surface area contributed by atoms with Gasteiger partial charge in [0, 0.05) is 6.20 Å². The Balaban J connectivity index is 2.55. The number of nitrogens with zero attached hydrogens (tertiary/aromatic N) is 3. The van der Waals surface area contributed by atoms with Crippen molar-refractivity contribution in [2.75, 3.05) is 18.2 Å². The molecule has 1 aliphatic heterocycles. The first-order valence-corrected chi connectivity index (χ1v) is 6.63. The average molecular weight is 321 g/mol. The second-order valence-corrected chi connectivity index (χ2v) is 5.38. The van der Waals surface area contributed by atoms with E-state index in [-0.39, 0.29) is 17.3 Å². The fourth-order valence-corrected chi connectivity index (χ4v) is 2.67. The van der Waals surface area contributed by atoms with Crippen LogP contribution in [0.2, 0.25) is 0 Å². The number of aromatic nitrogens is 2. The summed E-state index contributed by atoms with van der Waals surface area (Å²) in [4.78, 5) is 3.78. The molecule has 1 fully saturated rings. The summed E-state index contributed by atoms with van der Waals surface area (Å²) in [6.45, 7) is 0.718. The highest BCUT2D eigenvalue weighted by atomic mass is 35.5. The zero-order valence-corrected chi connectivity index (χ0v) is 12.0. The topological polar surface area (TPSA) is 146 Å². The summed E-state index contributed by atoms with van der Waals surface area (Å²) in [7, 11) is 0. The minimum absolute atomic E-state index is 0.100. The lowest BCUT2D eigenvalue weighted by Gasteiger charge is -2.29. The van der Waals surface area contributed by atoms with Gasteiger partial charge in [0.05, 0.1) is 12.5 Å². The van der Waals surface area contributed by atoms with E-state index < -0.39 is 30.1 Å². The standard InChI is InChI=1S/C11H17ClN4O5/c1-10(19)7(18)11(4-12,5-17)21-8(10)16-3-2-6(13)14-9(16)15-20/h2-3,7-8,17-20H,4-5H2,1H3,(H2,13,14,15)/t7-,8+,10+,11+/m0/s1. The summed E-state index contributed by atoms with van der Waals surface area (Å²) in [6, 6.07) is 1.40. The maximum Gasteiger partial charge on any atom is 0.270 e. The van der Waals surface area contributed by atoms with Crippen LogP contribution in [0.5, 0.6) is 0 Å². The van der Waals surface area contributed by atoms with Crippen LogP contribution in [0.3, 0.4) is 0 Å². The molecule has 1 aromatic rings. The van der Waals surface area contributed by atoms with Crippen LogP contribution in [0.15, 0.2) is 17.4 Å². The van der Waals surface area contributed by atoms with E-state index in [1.54, 1.807) is 0 Å². The quantitative estimate of drug-likeness (QED) is 0.255. The first-order chi connectivity index (χ1) is 9.82. The Bertz CT molecular complexity index is 586. The third kappa shape index (κ3) is 2.36. The van der Waals surface area contributed by atoms with Gasteiger partial charge in [-0.15, -0.1) is 11.6 Å². The molecule has 0 spiro atoms. The normalized spacial score (nSPS) is 37.1. The van der Waals surface area contributed by atoms with Gasteiger partial charge in [-0.2, -0.15) is 4.98 Å². The van der Waals surface area contributed by atoms with Crippen LogP contribution in [0, 0.1) is 0 Å². The minimum Gasteiger partial charge on any atom is -0.408 e. The average Bonchev–Trinajstić information content (AvgIpc) is 2.68. The van der Waals surface area contributed by atoms with E-state index in [0.29, 0.717) is 0 Å². The van der Waals surface area contributed by atoms with Gasteiger partial charge in [0.15, 0.2) is 6.23 Å². The number of aliphatic hydroxyl groups excluding tert-OH is 2. The first kappa shape index (κ1) is 16.0. The van der Waals surface area contributed by atoms with Crippen LogP contribution < -0.4 is 11.4 Å². The fourth-order valence-electron chi connectivity index (χ4n) is 2.37. The monoisotopic (exact) mass is 320 g/mol. The molecule has 0 aliphatic carbocycles. The zero-order valence-electron chi connectivity index (χ0n) is 11.2. The fraction of sp³-hybridized carbons (Fsp3) is 0.636. The summed E-state index contributed by atoms with van der Waals surface area (Å²) < 4.78 is 6.76. The molecule has 10 heteroatoms. The number of rotatable bonds is 3. The zero-order chi connectivity index (χ0) is 15.8. The highest BCUT2D eigenvalue weighted by Crippen LogP contribution is 2.44. The van der Waals surface area contributed by atoms with Gasteiger partial charge < -0.3 is 31.0 Å².